The Kier molecular flexibility index (Phi) is 6.72. The summed E-state index contributed by atoms with van der Waals surface area (Å²) in [4.78, 5) is 12.4. The fraction of sp³-hybridized carbons (Fsp3) is 0.208. The maximum atomic E-state index is 12.4. The Bertz CT molecular complexity index is 1060. The molecule has 6 nitrogen and oxygen atoms in total. The zero-order valence-corrected chi connectivity index (χ0v) is 17.0. The molecule has 0 fully saturated rings. The van der Waals surface area contributed by atoms with Crippen LogP contribution >= 0.6 is 0 Å². The van der Waals surface area contributed by atoms with Crippen LogP contribution in [0.15, 0.2) is 60.8 Å². The number of phenolic OH excluding ortho intramolecular Hbond substituents is 2. The van der Waals surface area contributed by atoms with Crippen LogP contribution in [0.3, 0.4) is 0 Å². The van der Waals surface area contributed by atoms with Crippen molar-refractivity contribution in [2.75, 3.05) is 0 Å². The molecule has 0 radical (unpaired) electrons. The van der Waals surface area contributed by atoms with Crippen LogP contribution in [-0.2, 0) is 16.1 Å². The van der Waals surface area contributed by atoms with Crippen LogP contribution < -0.4 is 11.1 Å². The van der Waals surface area contributed by atoms with Crippen molar-refractivity contribution in [1.82, 2.24) is 5.32 Å². The Morgan fingerprint density at radius 3 is 2.33 bits per heavy atom. The van der Waals surface area contributed by atoms with Gasteiger partial charge in [-0.25, -0.2) is 0 Å². The van der Waals surface area contributed by atoms with Gasteiger partial charge < -0.3 is 26.0 Å². The van der Waals surface area contributed by atoms with Gasteiger partial charge in [-0.05, 0) is 25.5 Å². The smallest absolute Gasteiger partial charge is 0.243 e. The summed E-state index contributed by atoms with van der Waals surface area (Å²) in [6.45, 7) is 3.81. The van der Waals surface area contributed by atoms with Gasteiger partial charge >= 0.3 is 0 Å². The second-order valence-corrected chi connectivity index (χ2v) is 7.15. The molecule has 156 valence electrons. The maximum Gasteiger partial charge on any atom is 0.243 e. The lowest BCUT2D eigenvalue weighted by Gasteiger charge is -2.19. The molecule has 0 aliphatic rings. The molecule has 0 spiro atoms. The van der Waals surface area contributed by atoms with Gasteiger partial charge in [-0.3, -0.25) is 4.79 Å². The minimum atomic E-state index is -0.863. The molecule has 2 atom stereocenters. The van der Waals surface area contributed by atoms with Crippen LogP contribution in [0.5, 0.6) is 11.5 Å². The highest BCUT2D eigenvalue weighted by molar-refractivity contribution is 5.97. The van der Waals surface area contributed by atoms with Crippen molar-refractivity contribution >= 4 is 22.8 Å². The van der Waals surface area contributed by atoms with Crippen LogP contribution in [0, 0.1) is 6.92 Å². The van der Waals surface area contributed by atoms with Gasteiger partial charge in [-0.2, -0.15) is 0 Å². The van der Waals surface area contributed by atoms with E-state index in [9.17, 15) is 15.0 Å². The van der Waals surface area contributed by atoms with Crippen LogP contribution in [0.2, 0.25) is 0 Å². The van der Waals surface area contributed by atoms with Crippen molar-refractivity contribution in [2.45, 2.75) is 32.6 Å². The van der Waals surface area contributed by atoms with E-state index in [1.54, 1.807) is 38.1 Å². The minimum Gasteiger partial charge on any atom is -0.507 e. The first-order valence-electron chi connectivity index (χ1n) is 9.71. The molecular formula is C24H26N2O4. The molecule has 0 aliphatic heterocycles. The van der Waals surface area contributed by atoms with E-state index < -0.39 is 18.1 Å². The zero-order chi connectivity index (χ0) is 21.7. The van der Waals surface area contributed by atoms with Crippen molar-refractivity contribution < 1.29 is 19.7 Å². The highest BCUT2D eigenvalue weighted by Crippen LogP contribution is 2.39. The van der Waals surface area contributed by atoms with Gasteiger partial charge in [-0.1, -0.05) is 54.6 Å². The molecule has 1 amide bonds. The van der Waals surface area contributed by atoms with Gasteiger partial charge in [0.15, 0.2) is 0 Å². The van der Waals surface area contributed by atoms with Crippen molar-refractivity contribution in [3.8, 4) is 11.5 Å². The monoisotopic (exact) mass is 406 g/mol. The first kappa shape index (κ1) is 21.4. The number of hydrogen-bond acceptors (Lipinski definition) is 5. The van der Waals surface area contributed by atoms with Crippen LogP contribution in [-0.4, -0.2) is 28.3 Å². The number of rotatable bonds is 7. The molecule has 0 saturated heterocycles. The van der Waals surface area contributed by atoms with Crippen LogP contribution in [0.25, 0.3) is 16.8 Å². The van der Waals surface area contributed by atoms with Crippen molar-refractivity contribution in [3.05, 3.63) is 77.5 Å². The third-order valence-corrected chi connectivity index (χ3v) is 5.09. The Morgan fingerprint density at radius 2 is 1.67 bits per heavy atom. The molecule has 3 rings (SSSR count). The van der Waals surface area contributed by atoms with E-state index >= 15 is 0 Å². The third-order valence-electron chi connectivity index (χ3n) is 5.09. The van der Waals surface area contributed by atoms with E-state index in [4.69, 9.17) is 10.5 Å². The zero-order valence-electron chi connectivity index (χ0n) is 17.0. The number of aromatic hydroxyl groups is 2. The Morgan fingerprint density at radius 1 is 1.07 bits per heavy atom. The average molecular weight is 406 g/mol. The second kappa shape index (κ2) is 9.43. The molecule has 1 unspecified atom stereocenters. The first-order valence-corrected chi connectivity index (χ1v) is 9.71. The molecule has 0 saturated carbocycles. The van der Waals surface area contributed by atoms with Crippen molar-refractivity contribution in [1.29, 1.82) is 0 Å². The lowest BCUT2D eigenvalue weighted by atomic mass is 9.98. The summed E-state index contributed by atoms with van der Waals surface area (Å²) in [6, 6.07) is 15.8. The lowest BCUT2D eigenvalue weighted by molar-refractivity contribution is -0.124. The Hall–Kier alpha value is -3.35. The number of phenols is 2. The fourth-order valence-electron chi connectivity index (χ4n) is 3.17. The predicted octanol–water partition coefficient (Wildman–Crippen LogP) is 3.58. The fourth-order valence-corrected chi connectivity index (χ4v) is 3.17. The molecule has 0 aliphatic carbocycles. The third kappa shape index (κ3) is 4.62. The highest BCUT2D eigenvalue weighted by Gasteiger charge is 2.21. The number of fused-ring (bicyclic) bond motifs is 1. The summed E-state index contributed by atoms with van der Waals surface area (Å²) >= 11 is 0. The molecule has 30 heavy (non-hydrogen) atoms. The van der Waals surface area contributed by atoms with Gasteiger partial charge in [0, 0.05) is 28.1 Å². The van der Waals surface area contributed by atoms with E-state index in [-0.39, 0.29) is 11.5 Å². The van der Waals surface area contributed by atoms with E-state index in [2.05, 4.69) is 5.32 Å². The quantitative estimate of drug-likeness (QED) is 0.449. The maximum absolute atomic E-state index is 12.4. The van der Waals surface area contributed by atoms with Gasteiger partial charge in [-0.15, -0.1) is 0 Å². The number of nitrogens with one attached hydrogen (secondary N) is 1. The number of amides is 1. The topological polar surface area (TPSA) is 105 Å². The second-order valence-electron chi connectivity index (χ2n) is 7.15. The summed E-state index contributed by atoms with van der Waals surface area (Å²) in [6.07, 6.45) is 2.46. The first-order chi connectivity index (χ1) is 14.4. The number of ether oxygens (including phenoxy) is 1. The van der Waals surface area contributed by atoms with Gasteiger partial charge in [0.25, 0.3) is 0 Å². The SMILES string of the molecule is Cc1c(C=CNC(=O)[C@H](N)C(C)OCc2ccccc2)c(O)c2ccccc2c1O. The predicted molar refractivity (Wildman–Crippen MR) is 118 cm³/mol. The molecule has 0 heterocycles. The van der Waals surface area contributed by atoms with Crippen molar-refractivity contribution in [2.24, 2.45) is 5.73 Å². The van der Waals surface area contributed by atoms with E-state index in [0.717, 1.165) is 5.56 Å². The van der Waals surface area contributed by atoms with Gasteiger partial charge in [0.05, 0.1) is 12.7 Å². The highest BCUT2D eigenvalue weighted by atomic mass is 16.5. The van der Waals surface area contributed by atoms with Crippen LogP contribution in [0.1, 0.15) is 23.6 Å². The molecular weight excluding hydrogens is 380 g/mol. The molecule has 3 aromatic rings. The van der Waals surface area contributed by atoms with Gasteiger partial charge in [0.2, 0.25) is 5.91 Å². The van der Waals surface area contributed by atoms with E-state index in [0.29, 0.717) is 28.5 Å². The van der Waals surface area contributed by atoms with Gasteiger partial charge in [0.1, 0.15) is 17.5 Å². The molecule has 0 aromatic heterocycles. The number of nitrogens with two attached hydrogens (primary N) is 1. The Balaban J connectivity index is 1.65. The normalized spacial score (nSPS) is 13.4. The average Bonchev–Trinajstić information content (AvgIpc) is 2.78. The Labute approximate surface area is 175 Å². The minimum absolute atomic E-state index is 0.0373. The van der Waals surface area contributed by atoms with E-state index in [1.165, 1.54) is 12.3 Å². The lowest BCUT2D eigenvalue weighted by Crippen LogP contribution is -2.46. The summed E-state index contributed by atoms with van der Waals surface area (Å²) < 4.78 is 5.69. The standard InChI is InChI=1S/C24H26N2O4/c1-15-18(23(28)20-11-7-6-10-19(20)22(15)27)12-13-26-24(29)21(25)16(2)30-14-17-8-4-3-5-9-17/h3-13,16,21,27-28H,14,25H2,1-2H3,(H,26,29)/t16?,21-/m1/s1. The number of carbonyl (C=O) groups is 1. The number of hydrogen-bond donors (Lipinski definition) is 4. The van der Waals surface area contributed by atoms with E-state index in [1.807, 2.05) is 30.3 Å². The van der Waals surface area contributed by atoms with Crippen LogP contribution in [0.4, 0.5) is 0 Å². The summed E-state index contributed by atoms with van der Waals surface area (Å²) in [5, 5.41) is 24.7. The summed E-state index contributed by atoms with van der Waals surface area (Å²) in [5.74, 6) is -0.279. The summed E-state index contributed by atoms with van der Waals surface area (Å²) in [5.41, 5.74) is 7.94. The molecule has 6 heteroatoms. The van der Waals surface area contributed by atoms with Crippen molar-refractivity contribution in [3.63, 3.8) is 0 Å². The number of carbonyl (C=O) groups excluding carboxylic acids is 1. The molecule has 5 N–H and O–H groups in total. The molecule has 3 aromatic carbocycles. The largest absolute Gasteiger partial charge is 0.507 e. The summed E-state index contributed by atoms with van der Waals surface area (Å²) in [7, 11) is 0. The molecule has 0 bridgehead atoms. The number of benzene rings is 3.